The van der Waals surface area contributed by atoms with Crippen molar-refractivity contribution in [1.82, 2.24) is 14.8 Å². The molecule has 3 aromatic carbocycles. The summed E-state index contributed by atoms with van der Waals surface area (Å²) in [5.74, 6) is -2.91. The van der Waals surface area contributed by atoms with Gasteiger partial charge in [0, 0.05) is 66.1 Å². The van der Waals surface area contributed by atoms with Gasteiger partial charge in [-0.1, -0.05) is 11.6 Å². The van der Waals surface area contributed by atoms with Crippen molar-refractivity contribution in [1.29, 1.82) is 0 Å². The predicted octanol–water partition coefficient (Wildman–Crippen LogP) is 6.53. The number of nitrogens with one attached hydrogen (secondary N) is 1. The van der Waals surface area contributed by atoms with Crippen molar-refractivity contribution in [2.75, 3.05) is 19.6 Å². The summed E-state index contributed by atoms with van der Waals surface area (Å²) < 4.78 is 94.6. The van der Waals surface area contributed by atoms with Gasteiger partial charge in [0.15, 0.2) is 6.29 Å². The van der Waals surface area contributed by atoms with E-state index in [-0.39, 0.29) is 53.7 Å². The van der Waals surface area contributed by atoms with Crippen molar-refractivity contribution in [2.24, 2.45) is 0 Å². The van der Waals surface area contributed by atoms with Crippen LogP contribution in [0.2, 0.25) is 5.02 Å². The quantitative estimate of drug-likeness (QED) is 0.154. The molecule has 4 aromatic rings. The lowest BCUT2D eigenvalue weighted by atomic mass is 9.92. The molecule has 3 heterocycles. The molecule has 1 amide bonds. The Balaban J connectivity index is 1.59. The minimum atomic E-state index is -4.98. The first-order valence-corrected chi connectivity index (χ1v) is 16.3. The molecule has 51 heavy (non-hydrogen) atoms. The lowest BCUT2D eigenvalue weighted by molar-refractivity contribution is -0.138. The van der Waals surface area contributed by atoms with Crippen LogP contribution in [0.1, 0.15) is 51.9 Å². The van der Waals surface area contributed by atoms with Gasteiger partial charge in [-0.3, -0.25) is 19.1 Å². The number of aromatic nitrogens is 1. The highest BCUT2D eigenvalue weighted by molar-refractivity contribution is 6.31. The van der Waals surface area contributed by atoms with Crippen LogP contribution < -0.4 is 15.6 Å². The van der Waals surface area contributed by atoms with Crippen LogP contribution >= 0.6 is 11.6 Å². The number of alkyl halides is 4. The normalized spacial score (nSPS) is 18.2. The van der Waals surface area contributed by atoms with Crippen molar-refractivity contribution in [2.45, 2.75) is 57.4 Å². The van der Waals surface area contributed by atoms with E-state index >= 15 is 8.78 Å². The third kappa shape index (κ3) is 7.50. The zero-order valence-corrected chi connectivity index (χ0v) is 28.0. The molecular formula is C36H32ClF6N3O5. The van der Waals surface area contributed by atoms with Gasteiger partial charge in [0.1, 0.15) is 35.3 Å². The molecule has 15 heteroatoms. The van der Waals surface area contributed by atoms with Gasteiger partial charge in [-0.05, 0) is 78.9 Å². The Kier molecular flexibility index (Phi) is 9.98. The fourth-order valence-corrected chi connectivity index (χ4v) is 6.91. The number of fused-ring (bicyclic) bond motifs is 6. The van der Waals surface area contributed by atoms with E-state index in [2.05, 4.69) is 5.32 Å². The summed E-state index contributed by atoms with van der Waals surface area (Å²) in [5.41, 5.74) is -2.14. The van der Waals surface area contributed by atoms with Gasteiger partial charge >= 0.3 is 6.18 Å². The number of amides is 1. The van der Waals surface area contributed by atoms with Gasteiger partial charge in [0.25, 0.3) is 5.56 Å². The molecule has 0 radical (unpaired) electrons. The lowest BCUT2D eigenvalue weighted by Crippen LogP contribution is -2.49. The second kappa shape index (κ2) is 14.0. The first-order valence-electron chi connectivity index (χ1n) is 15.9. The molecule has 2 atom stereocenters. The Bertz CT molecular complexity index is 2060. The molecule has 8 nitrogen and oxygen atoms in total. The van der Waals surface area contributed by atoms with Crippen LogP contribution in [0, 0.1) is 25.5 Å². The molecule has 2 aliphatic rings. The van der Waals surface area contributed by atoms with E-state index in [0.29, 0.717) is 27.3 Å². The van der Waals surface area contributed by atoms with E-state index in [1.807, 2.05) is 0 Å². The van der Waals surface area contributed by atoms with Gasteiger partial charge in [-0.2, -0.15) is 13.2 Å². The molecule has 1 saturated heterocycles. The summed E-state index contributed by atoms with van der Waals surface area (Å²) in [4.78, 5) is 29.4. The van der Waals surface area contributed by atoms with Crippen molar-refractivity contribution < 1.29 is 46.1 Å². The summed E-state index contributed by atoms with van der Waals surface area (Å²) in [6.45, 7) is 3.22. The van der Waals surface area contributed by atoms with Crippen LogP contribution in [0.15, 0.2) is 59.5 Å². The highest BCUT2D eigenvalue weighted by Crippen LogP contribution is 2.42. The third-order valence-corrected chi connectivity index (χ3v) is 9.29. The molecule has 3 N–H and O–H groups in total. The topological polar surface area (TPSA) is 104 Å². The van der Waals surface area contributed by atoms with Crippen molar-refractivity contribution in [3.8, 4) is 22.6 Å². The van der Waals surface area contributed by atoms with E-state index in [0.717, 1.165) is 18.3 Å². The van der Waals surface area contributed by atoms with E-state index in [1.165, 1.54) is 31.2 Å². The lowest BCUT2D eigenvalue weighted by Gasteiger charge is -2.34. The second-order valence-electron chi connectivity index (χ2n) is 12.8. The zero-order valence-electron chi connectivity index (χ0n) is 27.2. The Labute approximate surface area is 292 Å². The van der Waals surface area contributed by atoms with Crippen LogP contribution in [-0.4, -0.2) is 57.7 Å². The number of likely N-dealkylation sites (tertiary alicyclic amines) is 1. The summed E-state index contributed by atoms with van der Waals surface area (Å²) in [5, 5.41) is 22.8. The number of hydrogen-bond acceptors (Lipinski definition) is 6. The Morgan fingerprint density at radius 1 is 1.00 bits per heavy atom. The maximum atomic E-state index is 15.9. The van der Waals surface area contributed by atoms with Gasteiger partial charge in [-0.25, -0.2) is 13.2 Å². The number of halogens is 7. The number of carbonyl (C=O) groups excluding carboxylic acids is 1. The van der Waals surface area contributed by atoms with Crippen LogP contribution in [0.3, 0.4) is 0 Å². The Morgan fingerprint density at radius 3 is 2.39 bits per heavy atom. The Hall–Kier alpha value is -4.37. The largest absolute Gasteiger partial charge is 0.457 e. The molecule has 2 aliphatic heterocycles. The molecule has 4 bridgehead atoms. The number of nitrogens with zero attached hydrogens (tertiary/aromatic N) is 2. The first-order chi connectivity index (χ1) is 24.0. The van der Waals surface area contributed by atoms with Crippen molar-refractivity contribution in [3.05, 3.63) is 115 Å². The third-order valence-electron chi connectivity index (χ3n) is 9.07. The fraction of sp³-hybridized carbons (Fsp3) is 0.333. The molecule has 0 unspecified atom stereocenters. The van der Waals surface area contributed by atoms with E-state index in [4.69, 9.17) is 16.3 Å². The predicted molar refractivity (Wildman–Crippen MR) is 175 cm³/mol. The summed E-state index contributed by atoms with van der Waals surface area (Å²) in [6, 6.07) is 6.11. The SMILES string of the molecule is Cc1cc2cc(c1F)[C@H](CC(O)O)NC(=O)[C@H](n1cc(CCN3CC(F)C3)c(C(F)(F)F)cc1=O)c1cc(ccc1F)Oc1cc(Cl)cc(C)c1-2. The number of aryl methyl sites for hydroxylation is 2. The van der Waals surface area contributed by atoms with E-state index in [9.17, 15) is 37.4 Å². The first kappa shape index (κ1) is 36.4. The molecule has 1 aromatic heterocycles. The van der Waals surface area contributed by atoms with Gasteiger partial charge in [0.2, 0.25) is 5.91 Å². The molecular weight excluding hydrogens is 704 g/mol. The van der Waals surface area contributed by atoms with Gasteiger partial charge in [0.05, 0.1) is 11.6 Å². The average molecular weight is 736 g/mol. The number of aliphatic hydroxyl groups is 2. The number of pyridine rings is 1. The molecule has 0 spiro atoms. The number of ether oxygens (including phenoxy) is 1. The minimum Gasteiger partial charge on any atom is -0.457 e. The maximum Gasteiger partial charge on any atom is 0.416 e. The van der Waals surface area contributed by atoms with Crippen LogP contribution in [0.5, 0.6) is 11.5 Å². The number of rotatable bonds is 6. The van der Waals surface area contributed by atoms with E-state index < -0.39 is 76.9 Å². The van der Waals surface area contributed by atoms with Crippen LogP contribution in [0.4, 0.5) is 26.3 Å². The Morgan fingerprint density at radius 2 is 1.73 bits per heavy atom. The second-order valence-corrected chi connectivity index (χ2v) is 13.3. The summed E-state index contributed by atoms with van der Waals surface area (Å²) in [7, 11) is 0. The summed E-state index contributed by atoms with van der Waals surface area (Å²) >= 11 is 6.38. The highest BCUT2D eigenvalue weighted by Gasteiger charge is 2.38. The highest BCUT2D eigenvalue weighted by atomic mass is 35.5. The maximum absolute atomic E-state index is 15.9. The average Bonchev–Trinajstić information content (AvgIpc) is 3.01. The zero-order chi connectivity index (χ0) is 36.9. The van der Waals surface area contributed by atoms with Crippen molar-refractivity contribution in [3.63, 3.8) is 0 Å². The smallest absolute Gasteiger partial charge is 0.416 e. The number of aliphatic hydroxyl groups excluding tert-OH is 1. The molecule has 270 valence electrons. The summed E-state index contributed by atoms with van der Waals surface area (Å²) in [6.07, 6.45) is -8.33. The molecule has 0 aliphatic carbocycles. The fourth-order valence-electron chi connectivity index (χ4n) is 6.65. The van der Waals surface area contributed by atoms with E-state index in [1.54, 1.807) is 17.9 Å². The number of benzene rings is 3. The van der Waals surface area contributed by atoms with Gasteiger partial charge in [-0.15, -0.1) is 0 Å². The molecule has 6 rings (SSSR count). The number of carbonyl (C=O) groups is 1. The monoisotopic (exact) mass is 735 g/mol. The molecule has 1 fully saturated rings. The van der Waals surface area contributed by atoms with Crippen LogP contribution in [0.25, 0.3) is 11.1 Å². The standard InChI is InChI=1S/C36H32ClF6N3O5/c1-17-8-21(37)10-29-32(17)20-7-18(2)33(40)25(9-20)28(13-31(48)49)44-35(50)34(24-11-23(51-29)3-4-27(24)39)46-14-19(5-6-45-15-22(38)16-45)26(12-30(46)47)36(41,42)43/h3-4,7-12,14,22,28,31,34,48-49H,5-6,13,15-16H2,1-2H3,(H,44,50)/t28-,34+/m0/s1. The van der Waals surface area contributed by atoms with Crippen molar-refractivity contribution >= 4 is 17.5 Å². The molecule has 0 saturated carbocycles. The number of hydrogen-bond donors (Lipinski definition) is 3. The van der Waals surface area contributed by atoms with Gasteiger partial charge < -0.3 is 20.3 Å². The van der Waals surface area contributed by atoms with Crippen LogP contribution in [-0.2, 0) is 17.4 Å². The minimum absolute atomic E-state index is 0.00305.